The van der Waals surface area contributed by atoms with E-state index < -0.39 is 0 Å². The van der Waals surface area contributed by atoms with Crippen molar-refractivity contribution in [2.75, 3.05) is 13.2 Å². The van der Waals surface area contributed by atoms with Crippen LogP contribution in [0.1, 0.15) is 32.3 Å². The fraction of sp³-hybridized carbons (Fsp3) is 0.571. The summed E-state index contributed by atoms with van der Waals surface area (Å²) in [7, 11) is 0. The molecule has 1 rings (SSSR count). The maximum absolute atomic E-state index is 9.60. The van der Waals surface area contributed by atoms with E-state index in [1.807, 2.05) is 19.1 Å². The van der Waals surface area contributed by atoms with E-state index in [1.165, 1.54) is 0 Å². The maximum atomic E-state index is 9.60. The van der Waals surface area contributed by atoms with Crippen molar-refractivity contribution in [1.29, 1.82) is 0 Å². The first-order valence-electron chi connectivity index (χ1n) is 6.50. The third-order valence-corrected chi connectivity index (χ3v) is 2.89. The summed E-state index contributed by atoms with van der Waals surface area (Å²) in [5.74, 6) is 0.690. The van der Waals surface area contributed by atoms with Crippen LogP contribution in [-0.4, -0.2) is 29.5 Å². The molecule has 0 saturated carbocycles. The van der Waals surface area contributed by atoms with E-state index in [9.17, 15) is 5.11 Å². The fourth-order valence-corrected chi connectivity index (χ4v) is 1.81. The molecule has 1 aromatic rings. The summed E-state index contributed by atoms with van der Waals surface area (Å²) in [5, 5.41) is 21.9. The smallest absolute Gasteiger partial charge is 0.161 e. The zero-order valence-electron chi connectivity index (χ0n) is 11.1. The largest absolute Gasteiger partial charge is 0.504 e. The van der Waals surface area contributed by atoms with Gasteiger partial charge in [-0.2, -0.15) is 0 Å². The van der Waals surface area contributed by atoms with Crippen molar-refractivity contribution in [3.63, 3.8) is 0 Å². The van der Waals surface area contributed by atoms with Crippen molar-refractivity contribution in [3.05, 3.63) is 23.8 Å². The molecule has 1 aromatic carbocycles. The highest BCUT2D eigenvalue weighted by molar-refractivity contribution is 5.41. The monoisotopic (exact) mass is 253 g/mol. The Labute approximate surface area is 109 Å². The van der Waals surface area contributed by atoms with E-state index in [0.29, 0.717) is 24.9 Å². The van der Waals surface area contributed by atoms with Crippen LogP contribution in [0.2, 0.25) is 0 Å². The minimum atomic E-state index is 0.169. The van der Waals surface area contributed by atoms with Gasteiger partial charge in [0.2, 0.25) is 0 Å². The molecule has 18 heavy (non-hydrogen) atoms. The summed E-state index contributed by atoms with van der Waals surface area (Å²) in [6, 6.07) is 5.68. The average Bonchev–Trinajstić information content (AvgIpc) is 2.38. The molecule has 1 unspecified atom stereocenters. The number of hydrogen-bond acceptors (Lipinski definition) is 4. The second-order valence-corrected chi connectivity index (χ2v) is 4.23. The number of aliphatic hydroxyl groups is 1. The summed E-state index contributed by atoms with van der Waals surface area (Å²) in [6.07, 6.45) is 1.74. The van der Waals surface area contributed by atoms with Gasteiger partial charge in [0, 0.05) is 19.2 Å². The zero-order chi connectivity index (χ0) is 13.4. The van der Waals surface area contributed by atoms with Crippen molar-refractivity contribution >= 4 is 0 Å². The summed E-state index contributed by atoms with van der Waals surface area (Å²) in [5.41, 5.74) is 1.06. The Balaban J connectivity index is 2.58. The van der Waals surface area contributed by atoms with Gasteiger partial charge in [0.15, 0.2) is 11.5 Å². The number of benzene rings is 1. The zero-order valence-corrected chi connectivity index (χ0v) is 11.1. The Hall–Kier alpha value is -1.26. The van der Waals surface area contributed by atoms with Crippen molar-refractivity contribution in [1.82, 2.24) is 5.32 Å². The highest BCUT2D eigenvalue weighted by Gasteiger charge is 2.07. The molecular formula is C14H23NO3. The number of phenols is 1. The third kappa shape index (κ3) is 4.55. The van der Waals surface area contributed by atoms with E-state index in [4.69, 9.17) is 9.84 Å². The van der Waals surface area contributed by atoms with Crippen LogP contribution in [-0.2, 0) is 6.54 Å². The van der Waals surface area contributed by atoms with Crippen LogP contribution in [0.25, 0.3) is 0 Å². The SMILES string of the molecule is CCOc1cc(CNC(CC)CCO)ccc1O. The van der Waals surface area contributed by atoms with E-state index in [0.717, 1.165) is 18.4 Å². The summed E-state index contributed by atoms with van der Waals surface area (Å²) in [6.45, 7) is 5.42. The summed E-state index contributed by atoms with van der Waals surface area (Å²) < 4.78 is 5.34. The first-order chi connectivity index (χ1) is 8.71. The van der Waals surface area contributed by atoms with Gasteiger partial charge in [-0.3, -0.25) is 0 Å². The molecule has 1 atom stereocenters. The predicted octanol–water partition coefficient (Wildman–Crippen LogP) is 2.04. The molecule has 0 heterocycles. The lowest BCUT2D eigenvalue weighted by Crippen LogP contribution is -2.28. The molecule has 0 amide bonds. The highest BCUT2D eigenvalue weighted by Crippen LogP contribution is 2.26. The van der Waals surface area contributed by atoms with Gasteiger partial charge < -0.3 is 20.3 Å². The standard InChI is InChI=1S/C14H23NO3/c1-3-12(7-8-16)15-10-11-5-6-13(17)14(9-11)18-4-2/h5-6,9,12,15-17H,3-4,7-8,10H2,1-2H3. The van der Waals surface area contributed by atoms with Crippen molar-refractivity contribution < 1.29 is 14.9 Å². The lowest BCUT2D eigenvalue weighted by molar-refractivity contribution is 0.262. The molecule has 0 fully saturated rings. The molecule has 0 aliphatic rings. The molecule has 3 N–H and O–H groups in total. The molecule has 0 aliphatic heterocycles. The second kappa shape index (κ2) is 7.95. The minimum absolute atomic E-state index is 0.169. The molecule has 4 heteroatoms. The molecular weight excluding hydrogens is 230 g/mol. The average molecular weight is 253 g/mol. The van der Waals surface area contributed by atoms with Crippen LogP contribution < -0.4 is 10.1 Å². The van der Waals surface area contributed by atoms with Gasteiger partial charge in [0.25, 0.3) is 0 Å². The maximum Gasteiger partial charge on any atom is 0.161 e. The Morgan fingerprint density at radius 2 is 2.11 bits per heavy atom. The van der Waals surface area contributed by atoms with Crippen LogP contribution in [0.4, 0.5) is 0 Å². The van der Waals surface area contributed by atoms with E-state index >= 15 is 0 Å². The van der Waals surface area contributed by atoms with Crippen molar-refractivity contribution in [2.24, 2.45) is 0 Å². The van der Waals surface area contributed by atoms with Gasteiger partial charge in [-0.05, 0) is 37.5 Å². The predicted molar refractivity (Wildman–Crippen MR) is 71.9 cm³/mol. The third-order valence-electron chi connectivity index (χ3n) is 2.89. The molecule has 0 spiro atoms. The van der Waals surface area contributed by atoms with Crippen molar-refractivity contribution in [2.45, 2.75) is 39.3 Å². The first-order valence-corrected chi connectivity index (χ1v) is 6.50. The van der Waals surface area contributed by atoms with E-state index in [2.05, 4.69) is 12.2 Å². The second-order valence-electron chi connectivity index (χ2n) is 4.23. The molecule has 0 saturated heterocycles. The molecule has 0 aromatic heterocycles. The molecule has 4 nitrogen and oxygen atoms in total. The summed E-state index contributed by atoms with van der Waals surface area (Å²) in [4.78, 5) is 0. The number of aromatic hydroxyl groups is 1. The van der Waals surface area contributed by atoms with Gasteiger partial charge in [-0.25, -0.2) is 0 Å². The topological polar surface area (TPSA) is 61.7 Å². The van der Waals surface area contributed by atoms with Crippen LogP contribution in [0.5, 0.6) is 11.5 Å². The number of rotatable bonds is 8. The number of hydrogen-bond donors (Lipinski definition) is 3. The molecule has 102 valence electrons. The van der Waals surface area contributed by atoms with Crippen LogP contribution in [0.3, 0.4) is 0 Å². The van der Waals surface area contributed by atoms with Gasteiger partial charge >= 0.3 is 0 Å². The fourth-order valence-electron chi connectivity index (χ4n) is 1.81. The molecule has 0 radical (unpaired) electrons. The van der Waals surface area contributed by atoms with Crippen LogP contribution in [0.15, 0.2) is 18.2 Å². The van der Waals surface area contributed by atoms with Gasteiger partial charge in [-0.15, -0.1) is 0 Å². The highest BCUT2D eigenvalue weighted by atomic mass is 16.5. The molecule has 0 aliphatic carbocycles. The quantitative estimate of drug-likeness (QED) is 0.663. The van der Waals surface area contributed by atoms with Crippen molar-refractivity contribution in [3.8, 4) is 11.5 Å². The summed E-state index contributed by atoms with van der Waals surface area (Å²) >= 11 is 0. The number of ether oxygens (including phenoxy) is 1. The lowest BCUT2D eigenvalue weighted by atomic mass is 10.1. The van der Waals surface area contributed by atoms with Crippen LogP contribution >= 0.6 is 0 Å². The Morgan fingerprint density at radius 3 is 2.72 bits per heavy atom. The molecule has 0 bridgehead atoms. The normalized spacial score (nSPS) is 12.4. The minimum Gasteiger partial charge on any atom is -0.504 e. The van der Waals surface area contributed by atoms with Gasteiger partial charge in [0.1, 0.15) is 0 Å². The Morgan fingerprint density at radius 1 is 1.33 bits per heavy atom. The van der Waals surface area contributed by atoms with E-state index in [1.54, 1.807) is 6.07 Å². The van der Waals surface area contributed by atoms with Crippen LogP contribution in [0, 0.1) is 0 Å². The number of phenolic OH excluding ortho intramolecular Hbond substituents is 1. The number of aliphatic hydroxyl groups excluding tert-OH is 1. The Kier molecular flexibility index (Phi) is 6.54. The number of nitrogens with one attached hydrogen (secondary N) is 1. The lowest BCUT2D eigenvalue weighted by Gasteiger charge is -2.16. The van der Waals surface area contributed by atoms with Gasteiger partial charge in [-0.1, -0.05) is 13.0 Å². The first kappa shape index (κ1) is 14.8. The Bertz CT molecular complexity index is 355. The van der Waals surface area contributed by atoms with Gasteiger partial charge in [0.05, 0.1) is 6.61 Å². The van der Waals surface area contributed by atoms with E-state index in [-0.39, 0.29) is 12.4 Å².